The Morgan fingerprint density at radius 3 is 2.62 bits per heavy atom. The van der Waals surface area contributed by atoms with Crippen molar-refractivity contribution in [3.05, 3.63) is 53.3 Å². The van der Waals surface area contributed by atoms with Gasteiger partial charge in [0.05, 0.1) is 16.4 Å². The zero-order valence-electron chi connectivity index (χ0n) is 14.8. The molecule has 2 aromatic carbocycles. The van der Waals surface area contributed by atoms with Crippen LogP contribution >= 0.6 is 11.6 Å². The van der Waals surface area contributed by atoms with E-state index in [2.05, 4.69) is 35.6 Å². The molecule has 4 rings (SSSR count). The van der Waals surface area contributed by atoms with Gasteiger partial charge in [0.15, 0.2) is 5.75 Å². The number of rotatable bonds is 4. The Morgan fingerprint density at radius 2 is 1.86 bits per heavy atom. The minimum Gasteiger partial charge on any atom is -0.423 e. The molecule has 1 aliphatic heterocycles. The number of aromatic nitrogens is 3. The van der Waals surface area contributed by atoms with Crippen LogP contribution in [-0.2, 0) is 4.79 Å². The number of hydrogen-bond acceptors (Lipinski definition) is 7. The molecule has 3 aromatic rings. The first-order valence-electron chi connectivity index (χ1n) is 8.32. The van der Waals surface area contributed by atoms with Gasteiger partial charge >= 0.3 is 12.0 Å². The number of benzene rings is 2. The van der Waals surface area contributed by atoms with Crippen LogP contribution in [0.15, 0.2) is 42.7 Å². The van der Waals surface area contributed by atoms with Gasteiger partial charge in [-0.3, -0.25) is 4.79 Å². The van der Waals surface area contributed by atoms with Crippen LogP contribution < -0.4 is 20.7 Å². The number of anilines is 5. The number of nitrogens with zero attached hydrogens (tertiary/aromatic N) is 3. The second kappa shape index (κ2) is 7.13. The van der Waals surface area contributed by atoms with Crippen LogP contribution in [-0.4, -0.2) is 27.0 Å². The maximum absolute atomic E-state index is 13.3. The van der Waals surface area contributed by atoms with Gasteiger partial charge < -0.3 is 20.7 Å². The lowest BCUT2D eigenvalue weighted by Gasteiger charge is -2.25. The maximum atomic E-state index is 13.3. The molecule has 1 aromatic heterocycles. The van der Waals surface area contributed by atoms with E-state index in [0.29, 0.717) is 16.4 Å². The number of carbonyl (C=O) groups excluding carboxylic acids is 1. The Kier molecular flexibility index (Phi) is 4.63. The van der Waals surface area contributed by atoms with Gasteiger partial charge in [0.1, 0.15) is 6.33 Å². The highest BCUT2D eigenvalue weighted by Gasteiger charge is 2.46. The molecule has 2 heterocycles. The summed E-state index contributed by atoms with van der Waals surface area (Å²) in [6.45, 7) is 1.92. The molecule has 0 aliphatic carbocycles. The van der Waals surface area contributed by atoms with Gasteiger partial charge in [-0.15, -0.1) is 0 Å². The van der Waals surface area contributed by atoms with E-state index < -0.39 is 12.0 Å². The van der Waals surface area contributed by atoms with E-state index in [1.165, 1.54) is 24.5 Å². The van der Waals surface area contributed by atoms with Crippen molar-refractivity contribution in [1.29, 1.82) is 0 Å². The molecular formula is C18H13ClF2N6O2. The number of fused-ring (bicyclic) bond motifs is 1. The summed E-state index contributed by atoms with van der Waals surface area (Å²) < 4.78 is 31.0. The van der Waals surface area contributed by atoms with Crippen molar-refractivity contribution < 1.29 is 18.3 Å². The van der Waals surface area contributed by atoms with E-state index in [-0.39, 0.29) is 23.3 Å². The summed E-state index contributed by atoms with van der Waals surface area (Å²) in [6.07, 6.45) is -2.61. The Labute approximate surface area is 168 Å². The highest BCUT2D eigenvalue weighted by Crippen LogP contribution is 2.37. The summed E-state index contributed by atoms with van der Waals surface area (Å²) in [4.78, 5) is 23.7. The molecule has 1 amide bonds. The van der Waals surface area contributed by atoms with E-state index in [1.807, 2.05) is 13.0 Å². The van der Waals surface area contributed by atoms with Crippen molar-refractivity contribution in [1.82, 2.24) is 15.0 Å². The minimum absolute atomic E-state index is 0.102. The highest BCUT2D eigenvalue weighted by atomic mass is 35.5. The van der Waals surface area contributed by atoms with E-state index in [9.17, 15) is 13.6 Å². The normalized spacial score (nSPS) is 14.4. The standard InChI is InChI=1S/C18H13ClF2N6O2/c1-9-2-4-12(11(19)6-9)26-17-23-8-22-16(27-17)24-10-3-5-14-13(7-10)25-15(28)18(20,21)29-14/h2-8H,1H3,(H,25,28)(H2,22,23,24,26,27). The van der Waals surface area contributed by atoms with Crippen molar-refractivity contribution in [3.8, 4) is 5.75 Å². The van der Waals surface area contributed by atoms with Crippen LogP contribution in [0.4, 0.5) is 37.7 Å². The van der Waals surface area contributed by atoms with Gasteiger partial charge in [-0.1, -0.05) is 17.7 Å². The molecule has 0 bridgehead atoms. The first-order chi connectivity index (χ1) is 13.8. The molecular weight excluding hydrogens is 406 g/mol. The summed E-state index contributed by atoms with van der Waals surface area (Å²) in [5.74, 6) is -1.24. The van der Waals surface area contributed by atoms with Crippen LogP contribution in [0, 0.1) is 6.92 Å². The summed E-state index contributed by atoms with van der Waals surface area (Å²) in [5, 5.41) is 8.52. The molecule has 0 radical (unpaired) electrons. The number of alkyl halides is 2. The fourth-order valence-corrected chi connectivity index (χ4v) is 2.84. The Morgan fingerprint density at radius 1 is 1.10 bits per heavy atom. The van der Waals surface area contributed by atoms with Gasteiger partial charge in [0.2, 0.25) is 11.9 Å². The van der Waals surface area contributed by atoms with Crippen LogP contribution in [0.25, 0.3) is 0 Å². The molecule has 0 saturated carbocycles. The molecule has 8 nitrogen and oxygen atoms in total. The number of carbonyl (C=O) groups is 1. The Balaban J connectivity index is 1.53. The highest BCUT2D eigenvalue weighted by molar-refractivity contribution is 6.33. The number of ether oxygens (including phenoxy) is 1. The molecule has 11 heteroatoms. The second-order valence-electron chi connectivity index (χ2n) is 6.15. The summed E-state index contributed by atoms with van der Waals surface area (Å²) in [7, 11) is 0. The monoisotopic (exact) mass is 418 g/mol. The van der Waals surface area contributed by atoms with Crippen molar-refractivity contribution >= 4 is 46.5 Å². The van der Waals surface area contributed by atoms with Crippen LogP contribution in [0.3, 0.4) is 0 Å². The molecule has 148 valence electrons. The van der Waals surface area contributed by atoms with E-state index in [4.69, 9.17) is 11.6 Å². The second-order valence-corrected chi connectivity index (χ2v) is 6.56. The van der Waals surface area contributed by atoms with Crippen LogP contribution in [0.1, 0.15) is 5.56 Å². The van der Waals surface area contributed by atoms with Crippen LogP contribution in [0.2, 0.25) is 5.02 Å². The lowest BCUT2D eigenvalue weighted by Crippen LogP contribution is -2.43. The van der Waals surface area contributed by atoms with E-state index in [1.54, 1.807) is 12.1 Å². The Hall–Kier alpha value is -3.53. The lowest BCUT2D eigenvalue weighted by molar-refractivity contribution is -0.189. The molecule has 0 unspecified atom stereocenters. The quantitative estimate of drug-likeness (QED) is 0.582. The first kappa shape index (κ1) is 18.8. The van der Waals surface area contributed by atoms with Gasteiger partial charge in [0.25, 0.3) is 0 Å². The lowest BCUT2D eigenvalue weighted by atomic mass is 10.2. The maximum Gasteiger partial charge on any atom is 0.482 e. The van der Waals surface area contributed by atoms with Gasteiger partial charge in [-0.2, -0.15) is 13.8 Å². The number of halogens is 3. The van der Waals surface area contributed by atoms with Crippen molar-refractivity contribution in [3.63, 3.8) is 0 Å². The minimum atomic E-state index is -3.91. The summed E-state index contributed by atoms with van der Waals surface area (Å²) >= 11 is 6.20. The third-order valence-corrected chi connectivity index (χ3v) is 4.24. The van der Waals surface area contributed by atoms with Gasteiger partial charge in [-0.25, -0.2) is 9.97 Å². The van der Waals surface area contributed by atoms with Crippen molar-refractivity contribution in [2.45, 2.75) is 13.0 Å². The molecule has 0 spiro atoms. The predicted molar refractivity (Wildman–Crippen MR) is 103 cm³/mol. The van der Waals surface area contributed by atoms with Gasteiger partial charge in [-0.05, 0) is 42.8 Å². The molecule has 29 heavy (non-hydrogen) atoms. The number of amides is 1. The van der Waals surface area contributed by atoms with Crippen LogP contribution in [0.5, 0.6) is 5.75 Å². The zero-order chi connectivity index (χ0) is 20.6. The third kappa shape index (κ3) is 4.02. The third-order valence-electron chi connectivity index (χ3n) is 3.93. The fourth-order valence-electron chi connectivity index (χ4n) is 2.56. The molecule has 0 atom stereocenters. The number of nitrogens with one attached hydrogen (secondary N) is 3. The van der Waals surface area contributed by atoms with Crippen molar-refractivity contribution in [2.75, 3.05) is 16.0 Å². The van der Waals surface area contributed by atoms with Gasteiger partial charge in [0, 0.05) is 5.69 Å². The van der Waals surface area contributed by atoms with E-state index in [0.717, 1.165) is 5.56 Å². The summed E-state index contributed by atoms with van der Waals surface area (Å²) in [5.41, 5.74) is 2.19. The number of hydrogen-bond donors (Lipinski definition) is 3. The topological polar surface area (TPSA) is 101 Å². The smallest absolute Gasteiger partial charge is 0.423 e. The largest absolute Gasteiger partial charge is 0.482 e. The van der Waals surface area contributed by atoms with E-state index >= 15 is 0 Å². The fraction of sp³-hybridized carbons (Fsp3) is 0.111. The number of aryl methyl sites for hydroxylation is 1. The Bertz CT molecular complexity index is 1110. The average molecular weight is 419 g/mol. The first-order valence-corrected chi connectivity index (χ1v) is 8.69. The summed E-state index contributed by atoms with van der Waals surface area (Å²) in [6, 6.07) is 9.71. The SMILES string of the molecule is Cc1ccc(Nc2ncnc(Nc3ccc4c(c3)NC(=O)C(F)(F)O4)n2)c(Cl)c1. The molecule has 0 saturated heterocycles. The molecule has 3 N–H and O–H groups in total. The molecule has 1 aliphatic rings. The average Bonchev–Trinajstić information content (AvgIpc) is 2.65. The van der Waals surface area contributed by atoms with Crippen molar-refractivity contribution in [2.24, 2.45) is 0 Å². The predicted octanol–water partition coefficient (Wildman–Crippen LogP) is 4.24. The molecule has 0 fully saturated rings. The zero-order valence-corrected chi connectivity index (χ0v) is 15.6.